The van der Waals surface area contributed by atoms with Gasteiger partial charge >= 0.3 is 0 Å². The third-order valence-corrected chi connectivity index (χ3v) is 3.17. The van der Waals surface area contributed by atoms with Crippen molar-refractivity contribution in [2.45, 2.75) is 13.5 Å². The number of nitrogen functional groups attached to an aromatic ring is 1. The molecule has 2 aromatic heterocycles. The highest BCUT2D eigenvalue weighted by Gasteiger charge is 2.16. The van der Waals surface area contributed by atoms with Crippen LogP contribution >= 0.6 is 11.6 Å². The number of amides is 1. The van der Waals surface area contributed by atoms with Gasteiger partial charge in [0.2, 0.25) is 0 Å². The maximum Gasteiger partial charge on any atom is 0.254 e. The molecule has 2 heterocycles. The minimum atomic E-state index is -0.130. The second-order valence-electron chi connectivity index (χ2n) is 4.38. The molecule has 0 radical (unpaired) electrons. The number of hydrazine groups is 1. The van der Waals surface area contributed by atoms with Gasteiger partial charge in [0, 0.05) is 31.0 Å². The molecule has 0 saturated heterocycles. The van der Waals surface area contributed by atoms with Gasteiger partial charge in [-0.25, -0.2) is 10.8 Å². The van der Waals surface area contributed by atoms with Crippen molar-refractivity contribution in [3.05, 3.63) is 52.9 Å². The van der Waals surface area contributed by atoms with Gasteiger partial charge in [-0.15, -0.1) is 0 Å². The topological polar surface area (TPSA) is 84.1 Å². The standard InChI is InChI=1S/C14H16ClN5O/c1-2-20(9-10-3-5-17-6-4-10)14(21)11-7-12(15)18-13(8-11)19-16/h3-8H,2,9,16H2,1H3,(H,18,19). The number of nitrogens with one attached hydrogen (secondary N) is 1. The molecule has 2 aromatic rings. The van der Waals surface area contributed by atoms with Gasteiger partial charge in [0.1, 0.15) is 11.0 Å². The fourth-order valence-corrected chi connectivity index (χ4v) is 2.12. The zero-order valence-corrected chi connectivity index (χ0v) is 12.3. The van der Waals surface area contributed by atoms with Crippen molar-refractivity contribution in [1.82, 2.24) is 14.9 Å². The minimum absolute atomic E-state index is 0.130. The largest absolute Gasteiger partial charge is 0.335 e. The molecule has 7 heteroatoms. The van der Waals surface area contributed by atoms with Crippen LogP contribution in [0.15, 0.2) is 36.7 Å². The predicted octanol–water partition coefficient (Wildman–Crippen LogP) is 2.08. The van der Waals surface area contributed by atoms with Crippen LogP contribution in [0.25, 0.3) is 0 Å². The molecule has 0 aliphatic heterocycles. The number of hydrogen-bond acceptors (Lipinski definition) is 5. The van der Waals surface area contributed by atoms with E-state index in [1.54, 1.807) is 23.4 Å². The quantitative estimate of drug-likeness (QED) is 0.502. The Kier molecular flexibility index (Phi) is 5.08. The average Bonchev–Trinajstić information content (AvgIpc) is 2.52. The predicted molar refractivity (Wildman–Crippen MR) is 81.7 cm³/mol. The molecule has 1 amide bonds. The Balaban J connectivity index is 2.22. The second-order valence-corrected chi connectivity index (χ2v) is 4.77. The molecule has 0 atom stereocenters. The Morgan fingerprint density at radius 1 is 1.38 bits per heavy atom. The number of hydrogen-bond donors (Lipinski definition) is 2. The number of carbonyl (C=O) groups excluding carboxylic acids is 1. The monoisotopic (exact) mass is 305 g/mol. The van der Waals surface area contributed by atoms with Gasteiger partial charge in [0.25, 0.3) is 5.91 Å². The number of anilines is 1. The summed E-state index contributed by atoms with van der Waals surface area (Å²) in [6.07, 6.45) is 3.40. The van der Waals surface area contributed by atoms with E-state index in [4.69, 9.17) is 17.4 Å². The van der Waals surface area contributed by atoms with E-state index >= 15 is 0 Å². The first-order valence-electron chi connectivity index (χ1n) is 6.46. The third-order valence-electron chi connectivity index (χ3n) is 2.98. The van der Waals surface area contributed by atoms with E-state index in [1.807, 2.05) is 19.1 Å². The van der Waals surface area contributed by atoms with Crippen LogP contribution in [-0.4, -0.2) is 27.3 Å². The van der Waals surface area contributed by atoms with Crippen LogP contribution in [-0.2, 0) is 6.54 Å². The first-order valence-corrected chi connectivity index (χ1v) is 6.84. The Morgan fingerprint density at radius 3 is 2.71 bits per heavy atom. The lowest BCUT2D eigenvalue weighted by atomic mass is 10.2. The zero-order valence-electron chi connectivity index (χ0n) is 11.6. The highest BCUT2D eigenvalue weighted by Crippen LogP contribution is 2.16. The number of nitrogens with zero attached hydrogens (tertiary/aromatic N) is 3. The van der Waals surface area contributed by atoms with E-state index in [0.29, 0.717) is 24.5 Å². The van der Waals surface area contributed by atoms with E-state index in [2.05, 4.69) is 15.4 Å². The van der Waals surface area contributed by atoms with E-state index < -0.39 is 0 Å². The molecule has 6 nitrogen and oxygen atoms in total. The summed E-state index contributed by atoms with van der Waals surface area (Å²) in [7, 11) is 0. The van der Waals surface area contributed by atoms with Gasteiger partial charge in [-0.2, -0.15) is 0 Å². The Bertz CT molecular complexity index is 620. The van der Waals surface area contributed by atoms with Crippen LogP contribution in [0.1, 0.15) is 22.8 Å². The summed E-state index contributed by atoms with van der Waals surface area (Å²) in [6.45, 7) is 3.00. The summed E-state index contributed by atoms with van der Waals surface area (Å²) >= 11 is 5.90. The summed E-state index contributed by atoms with van der Waals surface area (Å²) in [4.78, 5) is 22.2. The molecule has 0 unspecified atom stereocenters. The molecule has 0 aliphatic rings. The van der Waals surface area contributed by atoms with Gasteiger partial charge in [0.15, 0.2) is 0 Å². The molecule has 0 aliphatic carbocycles. The summed E-state index contributed by atoms with van der Waals surface area (Å²) < 4.78 is 0. The molecule has 0 bridgehead atoms. The van der Waals surface area contributed by atoms with E-state index in [0.717, 1.165) is 5.56 Å². The van der Waals surface area contributed by atoms with E-state index in [-0.39, 0.29) is 11.1 Å². The van der Waals surface area contributed by atoms with E-state index in [1.165, 1.54) is 6.07 Å². The highest BCUT2D eigenvalue weighted by atomic mass is 35.5. The maximum atomic E-state index is 12.6. The molecule has 110 valence electrons. The highest BCUT2D eigenvalue weighted by molar-refractivity contribution is 6.29. The first-order chi connectivity index (χ1) is 10.1. The van der Waals surface area contributed by atoms with E-state index in [9.17, 15) is 4.79 Å². The number of rotatable bonds is 5. The number of aromatic nitrogens is 2. The second kappa shape index (κ2) is 7.01. The van der Waals surface area contributed by atoms with Gasteiger partial charge < -0.3 is 10.3 Å². The number of nitrogens with two attached hydrogens (primary N) is 1. The molecule has 21 heavy (non-hydrogen) atoms. The van der Waals surface area contributed by atoms with Crippen LogP contribution in [0.2, 0.25) is 5.15 Å². The lowest BCUT2D eigenvalue weighted by molar-refractivity contribution is 0.0752. The molecule has 0 fully saturated rings. The van der Waals surface area contributed by atoms with Crippen molar-refractivity contribution in [3.63, 3.8) is 0 Å². The van der Waals surface area contributed by atoms with Crippen LogP contribution in [0.4, 0.5) is 5.82 Å². The number of halogens is 1. The fraction of sp³-hybridized carbons (Fsp3) is 0.214. The first kappa shape index (κ1) is 15.2. The Labute approximate surface area is 127 Å². The van der Waals surface area contributed by atoms with Crippen molar-refractivity contribution in [2.75, 3.05) is 12.0 Å². The lowest BCUT2D eigenvalue weighted by Crippen LogP contribution is -2.30. The van der Waals surface area contributed by atoms with Crippen LogP contribution < -0.4 is 11.3 Å². The van der Waals surface area contributed by atoms with Crippen molar-refractivity contribution in [2.24, 2.45) is 5.84 Å². The maximum absolute atomic E-state index is 12.6. The van der Waals surface area contributed by atoms with Crippen molar-refractivity contribution in [3.8, 4) is 0 Å². The van der Waals surface area contributed by atoms with Crippen LogP contribution in [0.3, 0.4) is 0 Å². The Morgan fingerprint density at radius 2 is 2.10 bits per heavy atom. The Hall–Kier alpha value is -2.18. The summed E-state index contributed by atoms with van der Waals surface area (Å²) in [6, 6.07) is 6.86. The molecule has 0 spiro atoms. The van der Waals surface area contributed by atoms with Gasteiger partial charge in [0.05, 0.1) is 0 Å². The van der Waals surface area contributed by atoms with Crippen molar-refractivity contribution < 1.29 is 4.79 Å². The summed E-state index contributed by atoms with van der Waals surface area (Å²) in [5.74, 6) is 5.54. The zero-order chi connectivity index (χ0) is 15.2. The van der Waals surface area contributed by atoms with Gasteiger partial charge in [-0.05, 0) is 36.8 Å². The molecule has 0 saturated carbocycles. The van der Waals surface area contributed by atoms with Gasteiger partial charge in [-0.1, -0.05) is 11.6 Å². The normalized spacial score (nSPS) is 10.2. The number of pyridine rings is 2. The molecule has 2 rings (SSSR count). The number of carbonyl (C=O) groups is 1. The van der Waals surface area contributed by atoms with Crippen molar-refractivity contribution in [1.29, 1.82) is 0 Å². The lowest BCUT2D eigenvalue weighted by Gasteiger charge is -2.21. The van der Waals surface area contributed by atoms with Crippen molar-refractivity contribution >= 4 is 23.3 Å². The van der Waals surface area contributed by atoms with Crippen LogP contribution in [0, 0.1) is 0 Å². The smallest absolute Gasteiger partial charge is 0.254 e. The fourth-order valence-electron chi connectivity index (χ4n) is 1.91. The minimum Gasteiger partial charge on any atom is -0.335 e. The van der Waals surface area contributed by atoms with Gasteiger partial charge in [-0.3, -0.25) is 9.78 Å². The van der Waals surface area contributed by atoms with Crippen LogP contribution in [0.5, 0.6) is 0 Å². The summed E-state index contributed by atoms with van der Waals surface area (Å²) in [5, 5.41) is 0.216. The molecular formula is C14H16ClN5O. The third kappa shape index (κ3) is 3.90. The summed E-state index contributed by atoms with van der Waals surface area (Å²) in [5.41, 5.74) is 3.85. The SMILES string of the molecule is CCN(Cc1ccncc1)C(=O)c1cc(Cl)nc(NN)c1. The average molecular weight is 306 g/mol. The molecule has 3 N–H and O–H groups in total. The molecular weight excluding hydrogens is 290 g/mol. The molecule has 0 aromatic carbocycles.